The van der Waals surface area contributed by atoms with Gasteiger partial charge in [-0.3, -0.25) is 0 Å². The van der Waals surface area contributed by atoms with Crippen LogP contribution in [0.3, 0.4) is 0 Å². The molecule has 0 atom stereocenters. The van der Waals surface area contributed by atoms with Crippen LogP contribution in [-0.2, 0) is 0 Å². The van der Waals surface area contributed by atoms with Gasteiger partial charge in [0, 0.05) is 9.52 Å². The van der Waals surface area contributed by atoms with E-state index in [0.717, 1.165) is 5.92 Å². The molecule has 0 nitrogen and oxygen atoms in total. The minimum absolute atomic E-state index is 0.0772. The third-order valence-electron chi connectivity index (χ3n) is 2.29. The quantitative estimate of drug-likeness (QED) is 0.531. The molecule has 0 saturated heterocycles. The summed E-state index contributed by atoms with van der Waals surface area (Å²) < 4.78 is 0. The van der Waals surface area contributed by atoms with Gasteiger partial charge in [-0.05, 0) is 11.0 Å². The predicted octanol–water partition coefficient (Wildman–Crippen LogP) is 2.19. The summed E-state index contributed by atoms with van der Waals surface area (Å²) in [5.74, 6) is 0.848. The van der Waals surface area contributed by atoms with E-state index < -0.39 is 0 Å². The molecule has 0 aromatic heterocycles. The molecule has 0 aromatic carbocycles. The molecule has 0 bridgehead atoms. The molecule has 0 unspecified atom stereocenters. The lowest BCUT2D eigenvalue weighted by Crippen LogP contribution is -2.19. The van der Waals surface area contributed by atoms with Crippen LogP contribution >= 0.6 is 0 Å². The lowest BCUT2D eigenvalue weighted by molar-refractivity contribution is 0.475. The summed E-state index contributed by atoms with van der Waals surface area (Å²) in [6.45, 7) is 11.6. The smallest absolute Gasteiger partial charge is 0.0295 e. The first-order valence-corrected chi connectivity index (χ1v) is 5.31. The summed E-state index contributed by atoms with van der Waals surface area (Å²) in [5.41, 5.74) is 0. The zero-order valence-corrected chi connectivity index (χ0v) is 8.78. The fraction of sp³-hybridized carbons (Fsp3) is 0.875. The molecule has 0 aliphatic carbocycles. The Bertz CT molecular complexity index is 74.6. The van der Waals surface area contributed by atoms with E-state index in [9.17, 15) is 0 Å². The highest BCUT2D eigenvalue weighted by Gasteiger charge is 2.20. The van der Waals surface area contributed by atoms with Gasteiger partial charge in [0.15, 0.2) is 0 Å². The Balaban J connectivity index is 3.70. The Hall–Kier alpha value is 0.217. The normalized spacial score (nSPS) is 14.0. The molecule has 1 radical (unpaired) electrons. The van der Waals surface area contributed by atoms with Gasteiger partial charge in [-0.15, -0.1) is 0 Å². The van der Waals surface area contributed by atoms with Gasteiger partial charge in [0.05, 0.1) is 0 Å². The summed E-state index contributed by atoms with van der Waals surface area (Å²) >= 11 is 0. The van der Waals surface area contributed by atoms with Gasteiger partial charge in [0.1, 0.15) is 0 Å². The first-order chi connectivity index (χ1) is 4.00. The molecule has 0 N–H and O–H groups in total. The Labute approximate surface area is 61.9 Å². The summed E-state index contributed by atoms with van der Waals surface area (Å²) in [6.07, 6.45) is 0. The standard InChI is InChI=1S/C8H19Si/c1-6-9-8(4,5)7(2)3/h6-7H,9H2,1-5H3. The third-order valence-corrected chi connectivity index (χ3v) is 4.57. The largest absolute Gasteiger partial charge is 0.0654 e. The lowest BCUT2D eigenvalue weighted by Gasteiger charge is -2.27. The number of hydrogen-bond donors (Lipinski definition) is 0. The average Bonchev–Trinajstić information content (AvgIpc) is 1.65. The second-order valence-electron chi connectivity index (χ2n) is 3.76. The van der Waals surface area contributed by atoms with Crippen LogP contribution < -0.4 is 0 Å². The van der Waals surface area contributed by atoms with Gasteiger partial charge >= 0.3 is 0 Å². The van der Waals surface area contributed by atoms with E-state index in [-0.39, 0.29) is 9.52 Å². The Morgan fingerprint density at radius 3 is 1.89 bits per heavy atom. The highest BCUT2D eigenvalue weighted by Crippen LogP contribution is 2.32. The van der Waals surface area contributed by atoms with Crippen molar-refractivity contribution in [3.63, 3.8) is 0 Å². The molecule has 0 saturated carbocycles. The van der Waals surface area contributed by atoms with Gasteiger partial charge in [0.25, 0.3) is 0 Å². The zero-order chi connectivity index (χ0) is 7.49. The van der Waals surface area contributed by atoms with E-state index in [1.54, 1.807) is 0 Å². The van der Waals surface area contributed by atoms with Crippen LogP contribution in [0.25, 0.3) is 0 Å². The molecular weight excluding hydrogens is 124 g/mol. The van der Waals surface area contributed by atoms with Gasteiger partial charge in [0.2, 0.25) is 0 Å². The summed E-state index contributed by atoms with van der Waals surface area (Å²) in [7, 11) is 0.0772. The van der Waals surface area contributed by atoms with Crippen LogP contribution in [0.2, 0.25) is 5.04 Å². The maximum Gasteiger partial charge on any atom is 0.0295 e. The van der Waals surface area contributed by atoms with Gasteiger partial charge in [-0.1, -0.05) is 40.7 Å². The van der Waals surface area contributed by atoms with Crippen LogP contribution in [0, 0.1) is 12.0 Å². The van der Waals surface area contributed by atoms with E-state index in [1.165, 1.54) is 0 Å². The van der Waals surface area contributed by atoms with Crippen LogP contribution in [-0.4, -0.2) is 9.52 Å². The van der Waals surface area contributed by atoms with Crippen molar-refractivity contribution in [3.05, 3.63) is 6.04 Å². The second-order valence-corrected chi connectivity index (χ2v) is 6.80. The fourth-order valence-electron chi connectivity index (χ4n) is 0.762. The molecule has 9 heavy (non-hydrogen) atoms. The average molecular weight is 143 g/mol. The highest BCUT2D eigenvalue weighted by atomic mass is 28.2. The Morgan fingerprint density at radius 1 is 1.33 bits per heavy atom. The van der Waals surface area contributed by atoms with Crippen LogP contribution in [0.5, 0.6) is 0 Å². The van der Waals surface area contributed by atoms with Crippen molar-refractivity contribution in [3.8, 4) is 0 Å². The van der Waals surface area contributed by atoms with Crippen molar-refractivity contribution >= 4 is 9.52 Å². The molecule has 0 fully saturated rings. The maximum atomic E-state index is 2.39. The van der Waals surface area contributed by atoms with Crippen molar-refractivity contribution in [2.24, 2.45) is 5.92 Å². The molecule has 0 aliphatic heterocycles. The van der Waals surface area contributed by atoms with Crippen LogP contribution in [0.15, 0.2) is 0 Å². The fourth-order valence-corrected chi connectivity index (χ4v) is 2.29. The Morgan fingerprint density at radius 2 is 1.78 bits per heavy atom. The first kappa shape index (κ1) is 9.22. The van der Waals surface area contributed by atoms with Crippen molar-refractivity contribution in [2.75, 3.05) is 0 Å². The van der Waals surface area contributed by atoms with Crippen LogP contribution in [0.4, 0.5) is 0 Å². The molecule has 0 rings (SSSR count). The zero-order valence-electron chi connectivity index (χ0n) is 7.36. The number of hydrogen-bond acceptors (Lipinski definition) is 0. The lowest BCUT2D eigenvalue weighted by atomic mass is 9.99. The van der Waals surface area contributed by atoms with E-state index in [1.807, 2.05) is 0 Å². The van der Waals surface area contributed by atoms with Crippen molar-refractivity contribution in [1.82, 2.24) is 0 Å². The minimum atomic E-state index is 0.0772. The molecule has 0 heterocycles. The molecule has 0 aliphatic rings. The second kappa shape index (κ2) is 3.40. The van der Waals surface area contributed by atoms with E-state index in [2.05, 4.69) is 40.7 Å². The topological polar surface area (TPSA) is 0 Å². The summed E-state index contributed by atoms with van der Waals surface area (Å²) in [6, 6.07) is 2.39. The monoisotopic (exact) mass is 143 g/mol. The highest BCUT2D eigenvalue weighted by molar-refractivity contribution is 6.44. The first-order valence-electron chi connectivity index (χ1n) is 3.78. The van der Waals surface area contributed by atoms with E-state index >= 15 is 0 Å². The Kier molecular flexibility index (Phi) is 3.48. The molecule has 0 aromatic rings. The van der Waals surface area contributed by atoms with E-state index in [0.29, 0.717) is 5.04 Å². The van der Waals surface area contributed by atoms with E-state index in [4.69, 9.17) is 0 Å². The van der Waals surface area contributed by atoms with Crippen LogP contribution in [0.1, 0.15) is 34.6 Å². The van der Waals surface area contributed by atoms with Gasteiger partial charge in [-0.2, -0.15) is 0 Å². The maximum absolute atomic E-state index is 2.39. The van der Waals surface area contributed by atoms with Gasteiger partial charge < -0.3 is 0 Å². The minimum Gasteiger partial charge on any atom is -0.0654 e. The molecule has 55 valence electrons. The van der Waals surface area contributed by atoms with Crippen molar-refractivity contribution in [1.29, 1.82) is 0 Å². The third kappa shape index (κ3) is 3.04. The molecule has 0 spiro atoms. The van der Waals surface area contributed by atoms with Crippen molar-refractivity contribution < 1.29 is 0 Å². The molecular formula is C8H19Si. The summed E-state index contributed by atoms with van der Waals surface area (Å²) in [4.78, 5) is 0. The predicted molar refractivity (Wildman–Crippen MR) is 47.4 cm³/mol. The molecule has 1 heteroatoms. The molecule has 0 amide bonds. The SMILES string of the molecule is C[CH][SiH2]C(C)(C)C(C)C. The van der Waals surface area contributed by atoms with Gasteiger partial charge in [-0.25, -0.2) is 0 Å². The number of rotatable bonds is 3. The van der Waals surface area contributed by atoms with Crippen molar-refractivity contribution in [2.45, 2.75) is 39.7 Å². The summed E-state index contributed by atoms with van der Waals surface area (Å²) in [5, 5.41) is 0.634.